The molecule has 0 spiro atoms. The van der Waals surface area contributed by atoms with E-state index in [1.807, 2.05) is 0 Å². The Morgan fingerprint density at radius 3 is 2.45 bits per heavy atom. The number of aromatic nitrogens is 1. The molecule has 3 aromatic rings. The molecular formula is C29H29F2N3O8. The molecule has 1 unspecified atom stereocenters. The van der Waals surface area contributed by atoms with Gasteiger partial charge in [-0.15, -0.1) is 0 Å². The van der Waals surface area contributed by atoms with E-state index >= 15 is 4.39 Å². The maximum Gasteiger partial charge on any atom is 0.414 e. The fraction of sp³-hybridized carbons (Fsp3) is 0.414. The minimum atomic E-state index is -1.36. The minimum Gasteiger partial charge on any atom is -0.488 e. The van der Waals surface area contributed by atoms with Crippen molar-refractivity contribution >= 4 is 34.3 Å². The van der Waals surface area contributed by atoms with Gasteiger partial charge in [0.25, 0.3) is 0 Å². The third kappa shape index (κ3) is 5.13. The Morgan fingerprint density at radius 2 is 1.83 bits per heavy atom. The van der Waals surface area contributed by atoms with Crippen LogP contribution in [0, 0.1) is 11.6 Å². The molecule has 0 bridgehead atoms. The molecule has 6 rings (SSSR count). The zero-order chi connectivity index (χ0) is 29.8. The maximum atomic E-state index is 15.3. The molecule has 3 N–H and O–H groups in total. The Morgan fingerprint density at radius 1 is 1.10 bits per heavy atom. The molecule has 1 saturated carbocycles. The number of rotatable bonds is 8. The highest BCUT2D eigenvalue weighted by molar-refractivity contribution is 5.93. The number of carbonyl (C=O) groups excluding carboxylic acids is 1. The zero-order valence-electron chi connectivity index (χ0n) is 22.5. The number of carbonyl (C=O) groups is 2. The van der Waals surface area contributed by atoms with Crippen LogP contribution in [0.25, 0.3) is 10.9 Å². The van der Waals surface area contributed by atoms with E-state index in [1.165, 1.54) is 23.2 Å². The quantitative estimate of drug-likeness (QED) is 0.364. The number of aliphatic hydroxyl groups excluding tert-OH is 1. The second kappa shape index (κ2) is 10.6. The van der Waals surface area contributed by atoms with E-state index < -0.39 is 46.4 Å². The fourth-order valence-electron chi connectivity index (χ4n) is 5.53. The number of aliphatic hydroxyl groups is 2. The van der Waals surface area contributed by atoms with Crippen molar-refractivity contribution in [3.8, 4) is 5.75 Å². The number of cyclic esters (lactones) is 1. The molecule has 42 heavy (non-hydrogen) atoms. The number of ether oxygens (including phenoxy) is 2. The Hall–Kier alpha value is -4.23. The third-order valence-electron chi connectivity index (χ3n) is 8.11. The normalized spacial score (nSPS) is 20.2. The Bertz CT molecular complexity index is 1630. The lowest BCUT2D eigenvalue weighted by Gasteiger charge is -2.39. The first-order valence-corrected chi connectivity index (χ1v) is 13.7. The van der Waals surface area contributed by atoms with Gasteiger partial charge in [0.05, 0.1) is 30.0 Å². The average molecular weight is 586 g/mol. The number of benzene rings is 2. The Labute approximate surface area is 238 Å². The average Bonchev–Trinajstić information content (AvgIpc) is 3.74. The number of halogens is 2. The lowest BCUT2D eigenvalue weighted by atomic mass is 9.92. The number of anilines is 2. The highest BCUT2D eigenvalue weighted by atomic mass is 19.1. The van der Waals surface area contributed by atoms with E-state index in [2.05, 4.69) is 0 Å². The molecule has 3 aliphatic rings. The van der Waals surface area contributed by atoms with Gasteiger partial charge in [0, 0.05) is 36.8 Å². The molecule has 222 valence electrons. The molecule has 1 aliphatic carbocycles. The van der Waals surface area contributed by atoms with Gasteiger partial charge in [-0.1, -0.05) is 0 Å². The van der Waals surface area contributed by atoms with Gasteiger partial charge in [-0.25, -0.2) is 18.4 Å². The lowest BCUT2D eigenvalue weighted by molar-refractivity contribution is -0.0250. The molecular weight excluding hydrogens is 556 g/mol. The smallest absolute Gasteiger partial charge is 0.414 e. The van der Waals surface area contributed by atoms with Crippen molar-refractivity contribution in [2.24, 2.45) is 0 Å². The minimum absolute atomic E-state index is 0.00727. The van der Waals surface area contributed by atoms with Crippen LogP contribution in [-0.4, -0.2) is 76.5 Å². The predicted octanol–water partition coefficient (Wildman–Crippen LogP) is 3.04. The zero-order valence-corrected chi connectivity index (χ0v) is 22.5. The van der Waals surface area contributed by atoms with Gasteiger partial charge < -0.3 is 34.3 Å². The summed E-state index contributed by atoms with van der Waals surface area (Å²) in [6, 6.07) is 6.64. The van der Waals surface area contributed by atoms with Crippen molar-refractivity contribution in [2.75, 3.05) is 42.6 Å². The van der Waals surface area contributed by atoms with Gasteiger partial charge >= 0.3 is 12.1 Å². The maximum absolute atomic E-state index is 15.3. The van der Waals surface area contributed by atoms with Crippen molar-refractivity contribution in [1.82, 2.24) is 4.57 Å². The number of amides is 1. The highest BCUT2D eigenvalue weighted by Gasteiger charge is 2.36. The number of piperidine rings is 1. The van der Waals surface area contributed by atoms with Crippen LogP contribution in [0.3, 0.4) is 0 Å². The molecule has 2 aliphatic heterocycles. The van der Waals surface area contributed by atoms with E-state index in [9.17, 15) is 34.1 Å². The highest BCUT2D eigenvalue weighted by Crippen LogP contribution is 2.39. The van der Waals surface area contributed by atoms with E-state index in [1.54, 1.807) is 15.5 Å². The van der Waals surface area contributed by atoms with E-state index in [4.69, 9.17) is 9.47 Å². The summed E-state index contributed by atoms with van der Waals surface area (Å²) in [6.45, 7) is 0.0474. The predicted molar refractivity (Wildman–Crippen MR) is 146 cm³/mol. The number of hydrogen-bond acceptors (Lipinski definition) is 8. The summed E-state index contributed by atoms with van der Waals surface area (Å²) in [5.74, 6) is -2.87. The van der Waals surface area contributed by atoms with Gasteiger partial charge in [0.2, 0.25) is 5.43 Å². The van der Waals surface area contributed by atoms with Gasteiger partial charge in [-0.05, 0) is 49.9 Å². The van der Waals surface area contributed by atoms with Crippen molar-refractivity contribution < 1.29 is 43.2 Å². The second-order valence-electron chi connectivity index (χ2n) is 11.1. The van der Waals surface area contributed by atoms with Crippen molar-refractivity contribution in [3.63, 3.8) is 0 Å². The summed E-state index contributed by atoms with van der Waals surface area (Å²) >= 11 is 0. The first-order valence-electron chi connectivity index (χ1n) is 13.7. The molecule has 1 atom stereocenters. The molecule has 2 saturated heterocycles. The summed E-state index contributed by atoms with van der Waals surface area (Å²) in [4.78, 5) is 39.3. The summed E-state index contributed by atoms with van der Waals surface area (Å²) in [5.41, 5.74) is -1.50. The van der Waals surface area contributed by atoms with Crippen LogP contribution in [0.2, 0.25) is 0 Å². The summed E-state index contributed by atoms with van der Waals surface area (Å²) in [6.07, 6.45) is 2.00. The van der Waals surface area contributed by atoms with Crippen molar-refractivity contribution in [3.05, 3.63) is 63.9 Å². The SMILES string of the molecule is O=C(O)c1cn(C2CC2)c2cc(N3CCC(O)(COc4ccc(N5CC(CO)OC5=O)cc4F)CC3)c(F)cc2c1=O. The number of nitrogens with zero attached hydrogens (tertiary/aromatic N) is 3. The van der Waals surface area contributed by atoms with Crippen molar-refractivity contribution in [2.45, 2.75) is 43.4 Å². The largest absolute Gasteiger partial charge is 0.488 e. The summed E-state index contributed by atoms with van der Waals surface area (Å²) < 4.78 is 42.4. The number of hydrogen-bond donors (Lipinski definition) is 3. The number of aromatic carboxylic acids is 1. The Balaban J connectivity index is 1.14. The molecule has 1 amide bonds. The first-order chi connectivity index (χ1) is 20.1. The fourth-order valence-corrected chi connectivity index (χ4v) is 5.53. The van der Waals surface area contributed by atoms with E-state index in [0.29, 0.717) is 5.52 Å². The van der Waals surface area contributed by atoms with Gasteiger partial charge in [0.1, 0.15) is 29.7 Å². The van der Waals surface area contributed by atoms with Crippen LogP contribution in [0.5, 0.6) is 5.75 Å². The van der Waals surface area contributed by atoms with Crippen LogP contribution in [0.15, 0.2) is 41.3 Å². The molecule has 3 heterocycles. The third-order valence-corrected chi connectivity index (χ3v) is 8.11. The molecule has 13 heteroatoms. The van der Waals surface area contributed by atoms with Gasteiger partial charge in [-0.2, -0.15) is 0 Å². The van der Waals surface area contributed by atoms with Crippen LogP contribution >= 0.6 is 0 Å². The molecule has 0 radical (unpaired) electrons. The van der Waals surface area contributed by atoms with Crippen LogP contribution in [0.1, 0.15) is 42.1 Å². The van der Waals surface area contributed by atoms with E-state index in [0.717, 1.165) is 25.0 Å². The van der Waals surface area contributed by atoms with Crippen LogP contribution in [0.4, 0.5) is 25.0 Å². The van der Waals surface area contributed by atoms with Gasteiger partial charge in [-0.3, -0.25) is 9.69 Å². The number of pyridine rings is 1. The number of carboxylic acid groups (broad SMARTS) is 1. The number of carboxylic acids is 1. The Kier molecular flexibility index (Phi) is 7.01. The monoisotopic (exact) mass is 585 g/mol. The molecule has 2 aromatic carbocycles. The van der Waals surface area contributed by atoms with E-state index in [-0.39, 0.29) is 74.2 Å². The first kappa shape index (κ1) is 27.9. The second-order valence-corrected chi connectivity index (χ2v) is 11.1. The molecule has 3 fully saturated rings. The topological polar surface area (TPSA) is 142 Å². The molecule has 1 aromatic heterocycles. The summed E-state index contributed by atoms with van der Waals surface area (Å²) in [7, 11) is 0. The van der Waals surface area contributed by atoms with Crippen molar-refractivity contribution in [1.29, 1.82) is 0 Å². The lowest BCUT2D eigenvalue weighted by Crippen LogP contribution is -2.48. The van der Waals surface area contributed by atoms with Crippen LogP contribution in [-0.2, 0) is 4.74 Å². The standard InChI is InChI=1S/C29H29F2N3O8/c30-21-10-19-23(33(16-1-2-16)13-20(26(19)36)27(37)38)11-24(21)32-7-5-29(40,6-8-32)15-41-25-4-3-17(9-22(25)31)34-12-18(14-35)42-28(34)39/h3-4,9-11,13,16,18,35,40H,1-2,5-8,12,14-15H2,(H,37,38). The molecule has 11 nitrogen and oxygen atoms in total. The van der Waals surface area contributed by atoms with Gasteiger partial charge in [0.15, 0.2) is 11.6 Å². The summed E-state index contributed by atoms with van der Waals surface area (Å²) in [5, 5.41) is 29.8. The van der Waals surface area contributed by atoms with Crippen LogP contribution < -0.4 is 20.0 Å². The number of fused-ring (bicyclic) bond motifs is 1.